The Morgan fingerprint density at radius 3 is 2.11 bits per heavy atom. The van der Waals surface area contributed by atoms with Crippen molar-refractivity contribution < 1.29 is 0 Å². The van der Waals surface area contributed by atoms with Gasteiger partial charge in [0.05, 0.1) is 0 Å². The van der Waals surface area contributed by atoms with E-state index in [2.05, 4.69) is 17.1 Å². The van der Waals surface area contributed by atoms with E-state index in [-0.39, 0.29) is 0 Å². The Balaban J connectivity index is 1.52. The first-order chi connectivity index (χ1) is 9.36. The van der Waals surface area contributed by atoms with E-state index < -0.39 is 0 Å². The van der Waals surface area contributed by atoms with Crippen LogP contribution in [0.15, 0.2) is 0 Å². The molecule has 3 rings (SSSR count). The molecular weight excluding hydrogens is 232 g/mol. The van der Waals surface area contributed by atoms with Crippen molar-refractivity contribution in [3.05, 3.63) is 0 Å². The lowest BCUT2D eigenvalue weighted by Crippen LogP contribution is -2.49. The maximum atomic E-state index is 3.75. The van der Waals surface area contributed by atoms with Gasteiger partial charge >= 0.3 is 0 Å². The highest BCUT2D eigenvalue weighted by Crippen LogP contribution is 2.36. The van der Waals surface area contributed by atoms with Crippen LogP contribution in [0.25, 0.3) is 0 Å². The molecule has 0 aromatic rings. The molecule has 0 aromatic carbocycles. The Morgan fingerprint density at radius 2 is 1.58 bits per heavy atom. The van der Waals surface area contributed by atoms with Crippen molar-refractivity contribution in [2.24, 2.45) is 5.92 Å². The van der Waals surface area contributed by atoms with Crippen LogP contribution in [0.4, 0.5) is 0 Å². The number of hydrogen-bond acceptors (Lipinski definition) is 2. The van der Waals surface area contributed by atoms with Crippen LogP contribution in [0.3, 0.4) is 0 Å². The first-order valence-corrected chi connectivity index (χ1v) is 8.86. The summed E-state index contributed by atoms with van der Waals surface area (Å²) in [6.45, 7) is 4.97. The average Bonchev–Trinajstić information content (AvgIpc) is 3.31. The molecule has 2 heteroatoms. The van der Waals surface area contributed by atoms with Gasteiger partial charge in [-0.05, 0) is 63.8 Å². The number of nitrogens with one attached hydrogen (secondary N) is 1. The summed E-state index contributed by atoms with van der Waals surface area (Å²) in [5, 5.41) is 3.75. The Kier molecular flexibility index (Phi) is 4.81. The molecule has 1 aliphatic heterocycles. The third kappa shape index (κ3) is 3.72. The van der Waals surface area contributed by atoms with Gasteiger partial charge in [0, 0.05) is 24.7 Å². The lowest BCUT2D eigenvalue weighted by molar-refractivity contribution is 0.110. The summed E-state index contributed by atoms with van der Waals surface area (Å²) in [5.74, 6) is 1.03. The fourth-order valence-corrected chi connectivity index (χ4v) is 4.22. The normalized spacial score (nSPS) is 36.6. The molecule has 1 unspecified atom stereocenters. The van der Waals surface area contributed by atoms with Crippen LogP contribution >= 0.6 is 0 Å². The van der Waals surface area contributed by atoms with E-state index in [0.717, 1.165) is 24.0 Å². The molecule has 1 saturated heterocycles. The minimum Gasteiger partial charge on any atom is -0.313 e. The molecule has 1 heterocycles. The summed E-state index contributed by atoms with van der Waals surface area (Å²) >= 11 is 0. The minimum atomic E-state index is 0.790. The van der Waals surface area contributed by atoms with E-state index in [1.54, 1.807) is 0 Å². The second-order valence-electron chi connectivity index (χ2n) is 7.16. The zero-order valence-electron chi connectivity index (χ0n) is 12.7. The molecule has 3 fully saturated rings. The molecule has 0 amide bonds. The summed E-state index contributed by atoms with van der Waals surface area (Å²) in [6.07, 6.45) is 14.5. The van der Waals surface area contributed by atoms with Crippen molar-refractivity contribution in [2.45, 2.75) is 89.3 Å². The molecule has 2 aliphatic carbocycles. The van der Waals surface area contributed by atoms with Crippen LogP contribution in [0.5, 0.6) is 0 Å². The smallest absolute Gasteiger partial charge is 0.0195 e. The van der Waals surface area contributed by atoms with Gasteiger partial charge in [-0.1, -0.05) is 19.8 Å². The highest BCUT2D eigenvalue weighted by atomic mass is 15.2. The number of nitrogens with zero attached hydrogens (tertiary/aromatic N) is 1. The predicted octanol–water partition coefficient (Wildman–Crippen LogP) is 3.56. The molecule has 0 bridgehead atoms. The average molecular weight is 264 g/mol. The third-order valence-corrected chi connectivity index (χ3v) is 5.72. The molecule has 0 radical (unpaired) electrons. The summed E-state index contributed by atoms with van der Waals surface area (Å²) in [5.41, 5.74) is 0. The summed E-state index contributed by atoms with van der Waals surface area (Å²) in [6, 6.07) is 2.66. The van der Waals surface area contributed by atoms with Crippen molar-refractivity contribution in [1.82, 2.24) is 10.2 Å². The molecule has 1 atom stereocenters. The summed E-state index contributed by atoms with van der Waals surface area (Å²) in [4.78, 5) is 2.91. The molecular formula is C17H32N2. The fraction of sp³-hybridized carbons (Fsp3) is 1.00. The largest absolute Gasteiger partial charge is 0.313 e. The molecule has 110 valence electrons. The van der Waals surface area contributed by atoms with Crippen molar-refractivity contribution >= 4 is 0 Å². The molecule has 0 spiro atoms. The Hall–Kier alpha value is -0.0800. The lowest BCUT2D eigenvalue weighted by Gasteiger charge is -2.39. The van der Waals surface area contributed by atoms with Gasteiger partial charge in [-0.25, -0.2) is 0 Å². The Morgan fingerprint density at radius 1 is 0.895 bits per heavy atom. The Labute approximate surface area is 119 Å². The third-order valence-electron chi connectivity index (χ3n) is 5.72. The van der Waals surface area contributed by atoms with Gasteiger partial charge in [-0.15, -0.1) is 0 Å². The van der Waals surface area contributed by atoms with Crippen molar-refractivity contribution in [3.63, 3.8) is 0 Å². The maximum Gasteiger partial charge on any atom is 0.0195 e. The molecule has 2 nitrogen and oxygen atoms in total. The van der Waals surface area contributed by atoms with Gasteiger partial charge in [0.1, 0.15) is 0 Å². The van der Waals surface area contributed by atoms with E-state index in [9.17, 15) is 0 Å². The molecule has 3 aliphatic rings. The van der Waals surface area contributed by atoms with E-state index in [1.165, 1.54) is 77.3 Å². The number of rotatable bonds is 5. The van der Waals surface area contributed by atoms with Crippen LogP contribution in [0, 0.1) is 5.92 Å². The van der Waals surface area contributed by atoms with E-state index in [0.29, 0.717) is 0 Å². The van der Waals surface area contributed by atoms with Gasteiger partial charge in [0.2, 0.25) is 0 Å². The molecule has 2 saturated carbocycles. The summed E-state index contributed by atoms with van der Waals surface area (Å²) in [7, 11) is 0. The zero-order chi connectivity index (χ0) is 13.1. The van der Waals surface area contributed by atoms with Crippen LogP contribution < -0.4 is 5.32 Å². The SMILES string of the molecule is CCC1CCC(N(CC2CCCCN2)C2CC2)CC1. The van der Waals surface area contributed by atoms with Crippen LogP contribution in [-0.2, 0) is 0 Å². The van der Waals surface area contributed by atoms with Crippen molar-refractivity contribution in [1.29, 1.82) is 0 Å². The zero-order valence-corrected chi connectivity index (χ0v) is 12.7. The quantitative estimate of drug-likeness (QED) is 0.817. The van der Waals surface area contributed by atoms with Gasteiger partial charge in [0.15, 0.2) is 0 Å². The first-order valence-electron chi connectivity index (χ1n) is 8.86. The highest BCUT2D eigenvalue weighted by molar-refractivity contribution is 4.93. The van der Waals surface area contributed by atoms with E-state index in [4.69, 9.17) is 0 Å². The second-order valence-corrected chi connectivity index (χ2v) is 7.16. The number of piperidine rings is 1. The van der Waals surface area contributed by atoms with Crippen LogP contribution in [0.1, 0.15) is 71.1 Å². The van der Waals surface area contributed by atoms with Gasteiger partial charge < -0.3 is 5.32 Å². The topological polar surface area (TPSA) is 15.3 Å². The van der Waals surface area contributed by atoms with E-state index >= 15 is 0 Å². The highest BCUT2D eigenvalue weighted by Gasteiger charge is 2.36. The van der Waals surface area contributed by atoms with Crippen molar-refractivity contribution in [3.8, 4) is 0 Å². The molecule has 1 N–H and O–H groups in total. The van der Waals surface area contributed by atoms with Gasteiger partial charge in [-0.3, -0.25) is 4.90 Å². The monoisotopic (exact) mass is 264 g/mol. The van der Waals surface area contributed by atoms with Crippen molar-refractivity contribution in [2.75, 3.05) is 13.1 Å². The molecule has 0 aromatic heterocycles. The lowest BCUT2D eigenvalue weighted by atomic mass is 9.83. The number of hydrogen-bond donors (Lipinski definition) is 1. The fourth-order valence-electron chi connectivity index (χ4n) is 4.22. The second kappa shape index (κ2) is 6.58. The van der Waals surface area contributed by atoms with Gasteiger partial charge in [0.25, 0.3) is 0 Å². The van der Waals surface area contributed by atoms with Crippen LogP contribution in [-0.4, -0.2) is 36.1 Å². The van der Waals surface area contributed by atoms with Gasteiger partial charge in [-0.2, -0.15) is 0 Å². The van der Waals surface area contributed by atoms with E-state index in [1.807, 2.05) is 0 Å². The minimum absolute atomic E-state index is 0.790. The van der Waals surface area contributed by atoms with Crippen LogP contribution in [0.2, 0.25) is 0 Å². The summed E-state index contributed by atoms with van der Waals surface area (Å²) < 4.78 is 0. The predicted molar refractivity (Wildman–Crippen MR) is 81.4 cm³/mol. The first kappa shape index (κ1) is 13.9. The molecule has 19 heavy (non-hydrogen) atoms. The standard InChI is InChI=1S/C17H32N2/c1-2-14-6-8-16(9-7-14)19(17-10-11-17)13-15-5-3-4-12-18-15/h14-18H,2-13H2,1H3. The Bertz CT molecular complexity index is 260. The maximum absolute atomic E-state index is 3.75.